The van der Waals surface area contributed by atoms with Crippen molar-refractivity contribution in [1.29, 1.82) is 0 Å². The Labute approximate surface area is 84.4 Å². The maximum absolute atomic E-state index is 8.54. The molecule has 0 unspecified atom stereocenters. The third kappa shape index (κ3) is 3.76. The van der Waals surface area contributed by atoms with E-state index in [2.05, 4.69) is 17.3 Å². The van der Waals surface area contributed by atoms with Gasteiger partial charge >= 0.3 is 0 Å². The first kappa shape index (κ1) is 12.4. The van der Waals surface area contributed by atoms with Crippen LogP contribution in [0.2, 0.25) is 0 Å². The molecule has 0 aromatic carbocycles. The summed E-state index contributed by atoms with van der Waals surface area (Å²) < 4.78 is 1.93. The fourth-order valence-corrected chi connectivity index (χ4v) is 1.09. The van der Waals surface area contributed by atoms with Gasteiger partial charge in [0.1, 0.15) is 0 Å². The predicted molar refractivity (Wildman–Crippen MR) is 53.9 cm³/mol. The summed E-state index contributed by atoms with van der Waals surface area (Å²) in [6.07, 6.45) is 1.79. The molecule has 0 aliphatic heterocycles. The molecular formula is C8H16ClN3O. The van der Waals surface area contributed by atoms with E-state index in [-0.39, 0.29) is 19.0 Å². The molecule has 0 saturated heterocycles. The van der Waals surface area contributed by atoms with Crippen LogP contribution in [0.15, 0.2) is 12.3 Å². The fourth-order valence-electron chi connectivity index (χ4n) is 1.09. The summed E-state index contributed by atoms with van der Waals surface area (Å²) in [5.41, 5.74) is 1.16. The van der Waals surface area contributed by atoms with Crippen molar-refractivity contribution in [2.45, 2.75) is 20.0 Å². The molecule has 2 N–H and O–H groups in total. The van der Waals surface area contributed by atoms with Gasteiger partial charge in [0.2, 0.25) is 0 Å². The minimum absolute atomic E-state index is 0. The number of halogens is 1. The second kappa shape index (κ2) is 6.88. The number of aliphatic hydroxyl groups excluding tert-OH is 1. The van der Waals surface area contributed by atoms with Gasteiger partial charge in [-0.1, -0.05) is 0 Å². The SMILES string of the molecule is CCn1nccc1CNCCO.Cl. The van der Waals surface area contributed by atoms with Gasteiger partial charge in [0.25, 0.3) is 0 Å². The smallest absolute Gasteiger partial charge is 0.0556 e. The van der Waals surface area contributed by atoms with Crippen molar-refractivity contribution in [3.63, 3.8) is 0 Å². The van der Waals surface area contributed by atoms with Crippen molar-refractivity contribution in [3.05, 3.63) is 18.0 Å². The molecule has 0 spiro atoms. The van der Waals surface area contributed by atoms with Gasteiger partial charge in [-0.2, -0.15) is 5.10 Å². The standard InChI is InChI=1S/C8H15N3O.ClH/c1-2-11-8(3-4-10-11)7-9-5-6-12;/h3-4,9,12H,2,5-7H2,1H3;1H. The van der Waals surface area contributed by atoms with E-state index in [0.717, 1.165) is 18.8 Å². The van der Waals surface area contributed by atoms with Gasteiger partial charge in [0.15, 0.2) is 0 Å². The van der Waals surface area contributed by atoms with Gasteiger partial charge in [-0.05, 0) is 13.0 Å². The Morgan fingerprint density at radius 1 is 1.62 bits per heavy atom. The van der Waals surface area contributed by atoms with E-state index in [0.29, 0.717) is 6.54 Å². The minimum atomic E-state index is 0. The van der Waals surface area contributed by atoms with Gasteiger partial charge in [-0.3, -0.25) is 4.68 Å². The molecule has 1 aromatic rings. The van der Waals surface area contributed by atoms with Crippen LogP contribution in [0.25, 0.3) is 0 Å². The summed E-state index contributed by atoms with van der Waals surface area (Å²) in [7, 11) is 0. The van der Waals surface area contributed by atoms with Crippen LogP contribution < -0.4 is 5.32 Å². The lowest BCUT2D eigenvalue weighted by atomic mass is 10.4. The van der Waals surface area contributed by atoms with Crippen molar-refractivity contribution in [1.82, 2.24) is 15.1 Å². The summed E-state index contributed by atoms with van der Waals surface area (Å²) in [5, 5.41) is 15.8. The Bertz CT molecular complexity index is 227. The third-order valence-corrected chi connectivity index (χ3v) is 1.70. The average Bonchev–Trinajstić information content (AvgIpc) is 2.52. The van der Waals surface area contributed by atoms with Crippen LogP contribution in [-0.2, 0) is 13.1 Å². The molecule has 1 heterocycles. The molecule has 0 fully saturated rings. The van der Waals surface area contributed by atoms with E-state index in [1.165, 1.54) is 0 Å². The summed E-state index contributed by atoms with van der Waals surface area (Å²) in [5.74, 6) is 0. The first-order valence-electron chi connectivity index (χ1n) is 4.20. The highest BCUT2D eigenvalue weighted by Gasteiger charge is 1.97. The average molecular weight is 206 g/mol. The van der Waals surface area contributed by atoms with Gasteiger partial charge in [0.05, 0.1) is 12.3 Å². The monoisotopic (exact) mass is 205 g/mol. The minimum Gasteiger partial charge on any atom is -0.395 e. The lowest BCUT2D eigenvalue weighted by molar-refractivity contribution is 0.291. The first-order valence-corrected chi connectivity index (χ1v) is 4.20. The quantitative estimate of drug-likeness (QED) is 0.685. The molecule has 0 atom stereocenters. The maximum atomic E-state index is 8.54. The Kier molecular flexibility index (Phi) is 6.58. The highest BCUT2D eigenvalue weighted by atomic mass is 35.5. The highest BCUT2D eigenvalue weighted by molar-refractivity contribution is 5.85. The van der Waals surface area contributed by atoms with E-state index in [9.17, 15) is 0 Å². The fraction of sp³-hybridized carbons (Fsp3) is 0.625. The van der Waals surface area contributed by atoms with Gasteiger partial charge in [-0.25, -0.2) is 0 Å². The zero-order valence-corrected chi connectivity index (χ0v) is 8.55. The van der Waals surface area contributed by atoms with Crippen molar-refractivity contribution < 1.29 is 5.11 Å². The second-order valence-corrected chi connectivity index (χ2v) is 2.54. The van der Waals surface area contributed by atoms with Crippen molar-refractivity contribution in [2.24, 2.45) is 0 Å². The molecular weight excluding hydrogens is 190 g/mol. The summed E-state index contributed by atoms with van der Waals surface area (Å²) in [6, 6.07) is 1.98. The molecule has 0 bridgehead atoms. The molecule has 76 valence electrons. The molecule has 13 heavy (non-hydrogen) atoms. The number of rotatable bonds is 5. The van der Waals surface area contributed by atoms with E-state index in [1.807, 2.05) is 10.7 Å². The molecule has 1 rings (SSSR count). The topological polar surface area (TPSA) is 50.1 Å². The molecule has 0 aliphatic carbocycles. The van der Waals surface area contributed by atoms with Crippen LogP contribution in [0.5, 0.6) is 0 Å². The lowest BCUT2D eigenvalue weighted by Crippen LogP contribution is -2.19. The Balaban J connectivity index is 0.00000144. The molecule has 0 amide bonds. The number of hydrogen-bond acceptors (Lipinski definition) is 3. The largest absolute Gasteiger partial charge is 0.395 e. The summed E-state index contributed by atoms with van der Waals surface area (Å²) in [4.78, 5) is 0. The molecule has 1 aromatic heterocycles. The molecule has 5 heteroatoms. The normalized spacial score (nSPS) is 9.69. The number of aryl methyl sites for hydroxylation is 1. The second-order valence-electron chi connectivity index (χ2n) is 2.54. The van der Waals surface area contributed by atoms with Crippen LogP contribution in [0, 0.1) is 0 Å². The summed E-state index contributed by atoms with van der Waals surface area (Å²) >= 11 is 0. The Morgan fingerprint density at radius 2 is 2.38 bits per heavy atom. The number of aliphatic hydroxyl groups is 1. The van der Waals surface area contributed by atoms with E-state index in [1.54, 1.807) is 6.20 Å². The highest BCUT2D eigenvalue weighted by Crippen LogP contribution is 1.96. The van der Waals surface area contributed by atoms with Crippen molar-refractivity contribution in [3.8, 4) is 0 Å². The zero-order chi connectivity index (χ0) is 8.81. The van der Waals surface area contributed by atoms with E-state index < -0.39 is 0 Å². The third-order valence-electron chi connectivity index (χ3n) is 1.70. The Morgan fingerprint density at radius 3 is 3.00 bits per heavy atom. The molecule has 4 nitrogen and oxygen atoms in total. The van der Waals surface area contributed by atoms with Crippen LogP contribution in [-0.4, -0.2) is 28.0 Å². The lowest BCUT2D eigenvalue weighted by Gasteiger charge is -2.04. The van der Waals surface area contributed by atoms with Crippen LogP contribution in [0.4, 0.5) is 0 Å². The molecule has 0 radical (unpaired) electrons. The predicted octanol–water partition coefficient (Wildman–Crippen LogP) is 0.407. The van der Waals surface area contributed by atoms with Crippen LogP contribution in [0.3, 0.4) is 0 Å². The Hall–Kier alpha value is -0.580. The summed E-state index contributed by atoms with van der Waals surface area (Å²) in [6.45, 7) is 4.54. The van der Waals surface area contributed by atoms with Crippen LogP contribution in [0.1, 0.15) is 12.6 Å². The molecule has 0 aliphatic rings. The van der Waals surface area contributed by atoms with Crippen LogP contribution >= 0.6 is 12.4 Å². The van der Waals surface area contributed by atoms with E-state index in [4.69, 9.17) is 5.11 Å². The van der Waals surface area contributed by atoms with E-state index >= 15 is 0 Å². The van der Waals surface area contributed by atoms with Gasteiger partial charge < -0.3 is 10.4 Å². The number of nitrogens with zero attached hydrogens (tertiary/aromatic N) is 2. The van der Waals surface area contributed by atoms with Crippen molar-refractivity contribution in [2.75, 3.05) is 13.2 Å². The number of hydrogen-bond donors (Lipinski definition) is 2. The number of nitrogens with one attached hydrogen (secondary N) is 1. The van der Waals surface area contributed by atoms with Gasteiger partial charge in [-0.15, -0.1) is 12.4 Å². The van der Waals surface area contributed by atoms with Gasteiger partial charge in [0, 0.05) is 25.8 Å². The number of aromatic nitrogens is 2. The molecule has 0 saturated carbocycles. The first-order chi connectivity index (χ1) is 5.88. The maximum Gasteiger partial charge on any atom is 0.0556 e. The van der Waals surface area contributed by atoms with Crippen molar-refractivity contribution >= 4 is 12.4 Å². The zero-order valence-electron chi connectivity index (χ0n) is 7.73.